The molecule has 4 heteroatoms. The number of carbonyl (C=O) groups is 1. The maximum atomic E-state index is 12.3. The molecule has 1 heterocycles. The van der Waals surface area contributed by atoms with Crippen LogP contribution in [0.1, 0.15) is 22.7 Å². The van der Waals surface area contributed by atoms with Gasteiger partial charge >= 0.3 is 0 Å². The van der Waals surface area contributed by atoms with E-state index in [-0.39, 0.29) is 5.91 Å². The van der Waals surface area contributed by atoms with Crippen molar-refractivity contribution in [2.24, 2.45) is 5.73 Å². The third kappa shape index (κ3) is 2.09. The lowest BCUT2D eigenvalue weighted by atomic mass is 10.1. The summed E-state index contributed by atoms with van der Waals surface area (Å²) in [5.41, 5.74) is 9.93. The first-order valence-electron chi connectivity index (χ1n) is 6.49. The van der Waals surface area contributed by atoms with Crippen LogP contribution in [0.4, 0.5) is 5.69 Å². The molecule has 1 amide bonds. The Bertz CT molecular complexity index is 684. The minimum absolute atomic E-state index is 0.0782. The molecule has 0 radical (unpaired) electrons. The first kappa shape index (κ1) is 13.2. The van der Waals surface area contributed by atoms with Gasteiger partial charge in [-0.3, -0.25) is 4.79 Å². The number of carbonyl (C=O) groups excluding carboxylic acids is 1. The highest BCUT2D eigenvalue weighted by molar-refractivity contribution is 6.31. The van der Waals surface area contributed by atoms with E-state index in [1.165, 1.54) is 0 Å². The molecule has 0 aliphatic carbocycles. The van der Waals surface area contributed by atoms with Crippen LogP contribution in [0.25, 0.3) is 0 Å². The van der Waals surface area contributed by atoms with Crippen molar-refractivity contribution in [1.82, 2.24) is 0 Å². The Morgan fingerprint density at radius 1 is 1.25 bits per heavy atom. The predicted octanol–water partition coefficient (Wildman–Crippen LogP) is 3.20. The standard InChI is InChI=1S/C16H15ClN2O/c1-10-4-2-3-5-11(10)9-19-14-7-6-12(17)8-13(14)15(18)16(19)20/h2-8,15H,9,18H2,1H3. The van der Waals surface area contributed by atoms with E-state index in [9.17, 15) is 4.79 Å². The molecule has 1 aliphatic rings. The monoisotopic (exact) mass is 286 g/mol. The molecule has 102 valence electrons. The topological polar surface area (TPSA) is 46.3 Å². The Morgan fingerprint density at radius 3 is 2.75 bits per heavy atom. The Balaban J connectivity index is 2.00. The fraction of sp³-hybridized carbons (Fsp3) is 0.188. The van der Waals surface area contributed by atoms with E-state index in [2.05, 4.69) is 0 Å². The Labute approximate surface area is 123 Å². The van der Waals surface area contributed by atoms with Crippen molar-refractivity contribution in [3.63, 3.8) is 0 Å². The molecule has 0 aromatic heterocycles. The van der Waals surface area contributed by atoms with Crippen molar-refractivity contribution < 1.29 is 4.79 Å². The van der Waals surface area contributed by atoms with Crippen molar-refractivity contribution in [2.75, 3.05) is 4.90 Å². The van der Waals surface area contributed by atoms with Crippen LogP contribution in [-0.2, 0) is 11.3 Å². The van der Waals surface area contributed by atoms with Crippen LogP contribution in [0, 0.1) is 6.92 Å². The molecule has 1 unspecified atom stereocenters. The number of rotatable bonds is 2. The van der Waals surface area contributed by atoms with Gasteiger partial charge in [0.2, 0.25) is 5.91 Å². The van der Waals surface area contributed by atoms with Gasteiger partial charge in [-0.1, -0.05) is 35.9 Å². The first-order chi connectivity index (χ1) is 9.58. The number of halogens is 1. The number of amides is 1. The molecule has 2 aromatic carbocycles. The van der Waals surface area contributed by atoms with E-state index in [0.717, 1.165) is 22.4 Å². The molecule has 0 saturated carbocycles. The molecule has 3 nitrogen and oxygen atoms in total. The van der Waals surface area contributed by atoms with Gasteiger partial charge in [0.15, 0.2) is 0 Å². The van der Waals surface area contributed by atoms with Crippen LogP contribution in [0.5, 0.6) is 0 Å². The van der Waals surface area contributed by atoms with E-state index >= 15 is 0 Å². The number of anilines is 1. The minimum atomic E-state index is -0.618. The van der Waals surface area contributed by atoms with Gasteiger partial charge < -0.3 is 10.6 Å². The quantitative estimate of drug-likeness (QED) is 0.921. The molecule has 2 N–H and O–H groups in total. The van der Waals surface area contributed by atoms with Gasteiger partial charge in [0.05, 0.1) is 6.54 Å². The fourth-order valence-electron chi connectivity index (χ4n) is 2.56. The van der Waals surface area contributed by atoms with Crippen molar-refractivity contribution in [3.8, 4) is 0 Å². The molecule has 0 bridgehead atoms. The molecule has 1 aliphatic heterocycles. The summed E-state index contributed by atoms with van der Waals surface area (Å²) in [5.74, 6) is -0.0782. The second-order valence-corrected chi connectivity index (χ2v) is 5.47. The van der Waals surface area contributed by atoms with Gasteiger partial charge in [-0.2, -0.15) is 0 Å². The van der Waals surface area contributed by atoms with Crippen LogP contribution in [0.3, 0.4) is 0 Å². The summed E-state index contributed by atoms with van der Waals surface area (Å²) >= 11 is 5.98. The van der Waals surface area contributed by atoms with Crippen LogP contribution in [0.15, 0.2) is 42.5 Å². The Kier molecular flexibility index (Phi) is 3.24. The van der Waals surface area contributed by atoms with Crippen molar-refractivity contribution in [3.05, 3.63) is 64.2 Å². The molecule has 1 atom stereocenters. The average molecular weight is 287 g/mol. The third-order valence-electron chi connectivity index (χ3n) is 3.74. The predicted molar refractivity (Wildman–Crippen MR) is 80.7 cm³/mol. The highest BCUT2D eigenvalue weighted by atomic mass is 35.5. The van der Waals surface area contributed by atoms with Crippen LogP contribution in [-0.4, -0.2) is 5.91 Å². The summed E-state index contributed by atoms with van der Waals surface area (Å²) in [6.45, 7) is 2.58. The highest BCUT2D eigenvalue weighted by Gasteiger charge is 2.34. The second-order valence-electron chi connectivity index (χ2n) is 5.03. The number of fused-ring (bicyclic) bond motifs is 1. The molecular weight excluding hydrogens is 272 g/mol. The van der Waals surface area contributed by atoms with Gasteiger partial charge in [0, 0.05) is 16.3 Å². The third-order valence-corrected chi connectivity index (χ3v) is 3.97. The number of benzene rings is 2. The van der Waals surface area contributed by atoms with E-state index in [0.29, 0.717) is 11.6 Å². The molecule has 0 spiro atoms. The van der Waals surface area contributed by atoms with Crippen LogP contribution < -0.4 is 10.6 Å². The molecular formula is C16H15ClN2O. The Hall–Kier alpha value is -1.84. The summed E-state index contributed by atoms with van der Waals surface area (Å²) in [7, 11) is 0. The van der Waals surface area contributed by atoms with Gasteiger partial charge in [-0.15, -0.1) is 0 Å². The van der Waals surface area contributed by atoms with Crippen molar-refractivity contribution >= 4 is 23.2 Å². The summed E-state index contributed by atoms with van der Waals surface area (Å²) in [6, 6.07) is 12.8. The van der Waals surface area contributed by atoms with Gasteiger partial charge in [0.1, 0.15) is 6.04 Å². The summed E-state index contributed by atoms with van der Waals surface area (Å²) in [6.07, 6.45) is 0. The highest BCUT2D eigenvalue weighted by Crippen LogP contribution is 2.37. The van der Waals surface area contributed by atoms with Crippen LogP contribution >= 0.6 is 11.6 Å². The summed E-state index contributed by atoms with van der Waals surface area (Å²) in [4.78, 5) is 14.1. The fourth-order valence-corrected chi connectivity index (χ4v) is 2.74. The zero-order chi connectivity index (χ0) is 14.3. The maximum Gasteiger partial charge on any atom is 0.248 e. The Morgan fingerprint density at radius 2 is 2.00 bits per heavy atom. The van der Waals surface area contributed by atoms with Gasteiger partial charge in [-0.25, -0.2) is 0 Å². The zero-order valence-electron chi connectivity index (χ0n) is 11.1. The molecule has 0 saturated heterocycles. The number of hydrogen-bond acceptors (Lipinski definition) is 2. The minimum Gasteiger partial charge on any atom is -0.316 e. The van der Waals surface area contributed by atoms with E-state index in [1.807, 2.05) is 37.3 Å². The second kappa shape index (κ2) is 4.93. The number of hydrogen-bond donors (Lipinski definition) is 1. The lowest BCUT2D eigenvalue weighted by Crippen LogP contribution is -2.31. The summed E-state index contributed by atoms with van der Waals surface area (Å²) < 4.78 is 0. The largest absolute Gasteiger partial charge is 0.316 e. The molecule has 0 fully saturated rings. The number of nitrogens with two attached hydrogens (primary N) is 1. The van der Waals surface area contributed by atoms with E-state index < -0.39 is 6.04 Å². The van der Waals surface area contributed by atoms with Crippen molar-refractivity contribution in [1.29, 1.82) is 0 Å². The van der Waals surface area contributed by atoms with E-state index in [4.69, 9.17) is 17.3 Å². The van der Waals surface area contributed by atoms with Gasteiger partial charge in [-0.05, 0) is 36.2 Å². The molecule has 2 aromatic rings. The molecule has 3 rings (SSSR count). The van der Waals surface area contributed by atoms with Crippen molar-refractivity contribution in [2.45, 2.75) is 19.5 Å². The summed E-state index contributed by atoms with van der Waals surface area (Å²) in [5, 5.41) is 0.602. The SMILES string of the molecule is Cc1ccccc1CN1C(=O)C(N)c2cc(Cl)ccc21. The van der Waals surface area contributed by atoms with Crippen LogP contribution in [0.2, 0.25) is 5.02 Å². The maximum absolute atomic E-state index is 12.3. The number of nitrogens with zero attached hydrogens (tertiary/aromatic N) is 1. The van der Waals surface area contributed by atoms with Gasteiger partial charge in [0.25, 0.3) is 0 Å². The average Bonchev–Trinajstić information content (AvgIpc) is 2.66. The number of aryl methyl sites for hydroxylation is 1. The molecule has 20 heavy (non-hydrogen) atoms. The zero-order valence-corrected chi connectivity index (χ0v) is 11.9. The lowest BCUT2D eigenvalue weighted by molar-refractivity contribution is -0.119. The lowest BCUT2D eigenvalue weighted by Gasteiger charge is -2.19. The smallest absolute Gasteiger partial charge is 0.248 e. The normalized spacial score (nSPS) is 17.4. The van der Waals surface area contributed by atoms with E-state index in [1.54, 1.807) is 17.0 Å². The first-order valence-corrected chi connectivity index (χ1v) is 6.86.